The number of aryl methyl sites for hydroxylation is 2. The number of hydrogen-bond acceptors (Lipinski definition) is 9. The van der Waals surface area contributed by atoms with Crippen molar-refractivity contribution in [1.29, 1.82) is 0 Å². The number of nitrogens with zero attached hydrogens (tertiary/aromatic N) is 1. The standard InChI is InChI=1S/C22H27NO8S/c1-14-9-20(25)31-22-17(14)10-15(3-4-19(24)29-7-6-28-2)21-18(22)11-23(13-30-21)16-5-8-32(26,27)12-16/h9-10,16H,3-8,11-13H2,1-2H3. The second-order valence-electron chi connectivity index (χ2n) is 8.26. The quantitative estimate of drug-likeness (QED) is 0.341. The van der Waals surface area contributed by atoms with E-state index in [1.165, 1.54) is 13.2 Å². The number of carbonyl (C=O) groups excluding carboxylic acids is 1. The predicted molar refractivity (Wildman–Crippen MR) is 116 cm³/mol. The summed E-state index contributed by atoms with van der Waals surface area (Å²) < 4.78 is 45.6. The molecule has 1 aromatic carbocycles. The van der Waals surface area contributed by atoms with Gasteiger partial charge in [0.2, 0.25) is 0 Å². The molecule has 10 heteroatoms. The minimum atomic E-state index is -3.05. The molecule has 1 aromatic heterocycles. The summed E-state index contributed by atoms with van der Waals surface area (Å²) in [5.41, 5.74) is 2.30. The molecular weight excluding hydrogens is 438 g/mol. The van der Waals surface area contributed by atoms with E-state index in [2.05, 4.69) is 0 Å². The van der Waals surface area contributed by atoms with E-state index in [9.17, 15) is 18.0 Å². The number of methoxy groups -OCH3 is 1. The molecule has 174 valence electrons. The Labute approximate surface area is 186 Å². The van der Waals surface area contributed by atoms with E-state index in [4.69, 9.17) is 18.6 Å². The molecule has 0 bridgehead atoms. The van der Waals surface area contributed by atoms with Gasteiger partial charge < -0.3 is 18.6 Å². The number of esters is 1. The van der Waals surface area contributed by atoms with Crippen LogP contribution >= 0.6 is 0 Å². The number of ether oxygens (including phenoxy) is 3. The molecule has 1 unspecified atom stereocenters. The summed E-state index contributed by atoms with van der Waals surface area (Å²) >= 11 is 0. The number of hydrogen-bond donors (Lipinski definition) is 0. The molecule has 2 aliphatic rings. The Balaban J connectivity index is 1.65. The molecule has 3 heterocycles. The van der Waals surface area contributed by atoms with Crippen LogP contribution in [0.5, 0.6) is 5.75 Å². The van der Waals surface area contributed by atoms with Gasteiger partial charge >= 0.3 is 11.6 Å². The monoisotopic (exact) mass is 465 g/mol. The second-order valence-corrected chi connectivity index (χ2v) is 10.5. The first-order valence-electron chi connectivity index (χ1n) is 10.6. The zero-order valence-electron chi connectivity index (χ0n) is 18.2. The lowest BCUT2D eigenvalue weighted by atomic mass is 9.97. The Bertz CT molecular complexity index is 1190. The molecule has 0 N–H and O–H groups in total. The van der Waals surface area contributed by atoms with Gasteiger partial charge in [-0.2, -0.15) is 0 Å². The summed E-state index contributed by atoms with van der Waals surface area (Å²) in [6, 6.07) is 3.19. The van der Waals surface area contributed by atoms with Gasteiger partial charge in [0.15, 0.2) is 9.84 Å². The van der Waals surface area contributed by atoms with Gasteiger partial charge in [-0.05, 0) is 37.0 Å². The Hall–Kier alpha value is -2.43. The van der Waals surface area contributed by atoms with Gasteiger partial charge in [-0.1, -0.05) is 0 Å². The molecule has 4 rings (SSSR count). The molecule has 0 radical (unpaired) electrons. The van der Waals surface area contributed by atoms with Crippen molar-refractivity contribution in [2.24, 2.45) is 0 Å². The van der Waals surface area contributed by atoms with Crippen molar-refractivity contribution in [2.75, 3.05) is 38.6 Å². The van der Waals surface area contributed by atoms with Crippen LogP contribution in [0.2, 0.25) is 0 Å². The van der Waals surface area contributed by atoms with Crippen LogP contribution in [0.1, 0.15) is 29.5 Å². The average Bonchev–Trinajstić information content (AvgIpc) is 3.12. The highest BCUT2D eigenvalue weighted by molar-refractivity contribution is 7.91. The summed E-state index contributed by atoms with van der Waals surface area (Å²) in [5.74, 6) is 0.523. The Kier molecular flexibility index (Phi) is 6.55. The third-order valence-corrected chi connectivity index (χ3v) is 7.72. The van der Waals surface area contributed by atoms with Gasteiger partial charge in [0, 0.05) is 37.6 Å². The normalized spacial score (nSPS) is 20.1. The third kappa shape index (κ3) is 4.82. The third-order valence-electron chi connectivity index (χ3n) is 5.97. The second kappa shape index (κ2) is 9.21. The lowest BCUT2D eigenvalue weighted by Crippen LogP contribution is -2.41. The fraction of sp³-hybridized carbons (Fsp3) is 0.545. The highest BCUT2D eigenvalue weighted by Gasteiger charge is 2.36. The van der Waals surface area contributed by atoms with Crippen molar-refractivity contribution >= 4 is 26.8 Å². The van der Waals surface area contributed by atoms with Crippen LogP contribution in [0.15, 0.2) is 21.3 Å². The highest BCUT2D eigenvalue weighted by Crippen LogP contribution is 2.38. The number of fused-ring (bicyclic) bond motifs is 3. The van der Waals surface area contributed by atoms with Crippen LogP contribution < -0.4 is 10.4 Å². The molecule has 2 aliphatic heterocycles. The summed E-state index contributed by atoms with van der Waals surface area (Å²) in [6.07, 6.45) is 1.13. The van der Waals surface area contributed by atoms with Crippen LogP contribution in [0, 0.1) is 6.92 Å². The van der Waals surface area contributed by atoms with Gasteiger partial charge in [-0.25, -0.2) is 13.2 Å². The van der Waals surface area contributed by atoms with Gasteiger partial charge in [0.05, 0.1) is 23.7 Å². The van der Waals surface area contributed by atoms with Crippen molar-refractivity contribution in [2.45, 2.75) is 38.8 Å². The maximum absolute atomic E-state index is 12.1. The van der Waals surface area contributed by atoms with E-state index in [1.54, 1.807) is 0 Å². The van der Waals surface area contributed by atoms with Crippen LogP contribution in [-0.4, -0.2) is 63.9 Å². The number of carbonyl (C=O) groups is 1. The molecule has 9 nitrogen and oxygen atoms in total. The molecule has 1 atom stereocenters. The summed E-state index contributed by atoms with van der Waals surface area (Å²) in [4.78, 5) is 26.1. The van der Waals surface area contributed by atoms with Crippen LogP contribution in [0.3, 0.4) is 0 Å². The number of benzene rings is 1. The molecule has 0 amide bonds. The van der Waals surface area contributed by atoms with Crippen molar-refractivity contribution in [3.8, 4) is 5.75 Å². The zero-order chi connectivity index (χ0) is 22.9. The van der Waals surface area contributed by atoms with Crippen LogP contribution in [0.25, 0.3) is 11.0 Å². The first-order valence-corrected chi connectivity index (χ1v) is 12.4. The lowest BCUT2D eigenvalue weighted by Gasteiger charge is -2.34. The SMILES string of the molecule is COCCOC(=O)CCc1cc2c(C)cc(=O)oc2c2c1OCN(C1CCS(=O)(=O)C1)C2. The van der Waals surface area contributed by atoms with Gasteiger partial charge in [0.1, 0.15) is 24.7 Å². The number of rotatable bonds is 7. The van der Waals surface area contributed by atoms with Crippen molar-refractivity contribution in [3.63, 3.8) is 0 Å². The number of sulfone groups is 1. The van der Waals surface area contributed by atoms with E-state index in [0.717, 1.165) is 16.5 Å². The molecule has 0 aliphatic carbocycles. The van der Waals surface area contributed by atoms with Crippen molar-refractivity contribution in [1.82, 2.24) is 4.90 Å². The highest BCUT2D eigenvalue weighted by atomic mass is 32.2. The topological polar surface area (TPSA) is 112 Å². The lowest BCUT2D eigenvalue weighted by molar-refractivity contribution is -0.144. The predicted octanol–water partition coefficient (Wildman–Crippen LogP) is 1.56. The molecule has 1 fully saturated rings. The van der Waals surface area contributed by atoms with Crippen molar-refractivity contribution in [3.05, 3.63) is 39.2 Å². The molecular formula is C22H27NO8S. The fourth-order valence-corrected chi connectivity index (χ4v) is 6.07. The largest absolute Gasteiger partial charge is 0.477 e. The van der Waals surface area contributed by atoms with Gasteiger partial charge in [-0.3, -0.25) is 9.69 Å². The molecule has 2 aromatic rings. The average molecular weight is 466 g/mol. The minimum Gasteiger partial charge on any atom is -0.477 e. The first kappa shape index (κ1) is 22.8. The van der Waals surface area contributed by atoms with Crippen LogP contribution in [0.4, 0.5) is 0 Å². The Morgan fingerprint density at radius 1 is 1.28 bits per heavy atom. The van der Waals surface area contributed by atoms with Crippen molar-refractivity contribution < 1.29 is 31.8 Å². The molecule has 0 spiro atoms. The van der Waals surface area contributed by atoms with E-state index >= 15 is 0 Å². The van der Waals surface area contributed by atoms with E-state index in [-0.39, 0.29) is 43.3 Å². The Morgan fingerprint density at radius 3 is 2.81 bits per heavy atom. The molecule has 0 saturated carbocycles. The van der Waals surface area contributed by atoms with Gasteiger partial charge in [-0.15, -0.1) is 0 Å². The first-order chi connectivity index (χ1) is 15.3. The maximum Gasteiger partial charge on any atom is 0.336 e. The summed E-state index contributed by atoms with van der Waals surface area (Å²) in [5, 5.41) is 0.774. The maximum atomic E-state index is 12.1. The Morgan fingerprint density at radius 2 is 2.09 bits per heavy atom. The van der Waals surface area contributed by atoms with Gasteiger partial charge in [0.25, 0.3) is 0 Å². The smallest absolute Gasteiger partial charge is 0.336 e. The summed E-state index contributed by atoms with van der Waals surface area (Å²) in [7, 11) is -1.51. The van der Waals surface area contributed by atoms with Crippen LogP contribution in [-0.2, 0) is 37.1 Å². The van der Waals surface area contributed by atoms with E-state index in [1.807, 2.05) is 17.9 Å². The summed E-state index contributed by atoms with van der Waals surface area (Å²) in [6.45, 7) is 3.01. The minimum absolute atomic E-state index is 0.0968. The fourth-order valence-electron chi connectivity index (χ4n) is 4.31. The van der Waals surface area contributed by atoms with E-state index < -0.39 is 15.5 Å². The molecule has 32 heavy (non-hydrogen) atoms. The van der Waals surface area contributed by atoms with E-state index in [0.29, 0.717) is 42.9 Å². The zero-order valence-corrected chi connectivity index (χ0v) is 19.0. The molecule has 1 saturated heterocycles.